The molecule has 0 aliphatic carbocycles. The summed E-state index contributed by atoms with van der Waals surface area (Å²) in [5.41, 5.74) is 1.91. The van der Waals surface area contributed by atoms with E-state index < -0.39 is 0 Å². The van der Waals surface area contributed by atoms with Crippen molar-refractivity contribution < 1.29 is 9.53 Å². The van der Waals surface area contributed by atoms with Gasteiger partial charge in [0.1, 0.15) is 18.1 Å². The van der Waals surface area contributed by atoms with Gasteiger partial charge in [0.25, 0.3) is 0 Å². The molecule has 0 atom stereocenters. The van der Waals surface area contributed by atoms with E-state index in [0.29, 0.717) is 23.6 Å². The first-order valence-electron chi connectivity index (χ1n) is 5.06. The third-order valence-electron chi connectivity index (χ3n) is 2.62. The van der Waals surface area contributed by atoms with E-state index in [1.807, 2.05) is 24.3 Å². The van der Waals surface area contributed by atoms with Crippen molar-refractivity contribution in [2.75, 3.05) is 0 Å². The summed E-state index contributed by atoms with van der Waals surface area (Å²) in [6.45, 7) is 0.395. The number of benzene rings is 1. The second-order valence-corrected chi connectivity index (χ2v) is 3.63. The van der Waals surface area contributed by atoms with Crippen LogP contribution in [0.4, 0.5) is 0 Å². The van der Waals surface area contributed by atoms with Crippen molar-refractivity contribution in [2.45, 2.75) is 6.61 Å². The standard InChI is InChI=1S/C13H9NO2/c15-13-10-5-1-2-6-11(10)16-8-9-4-3-7-14-12(9)13/h1-7H,8H2. The monoisotopic (exact) mass is 211 g/mol. The van der Waals surface area contributed by atoms with Gasteiger partial charge in [-0.25, -0.2) is 0 Å². The lowest BCUT2D eigenvalue weighted by molar-refractivity contribution is 0.103. The Morgan fingerprint density at radius 2 is 2.00 bits per heavy atom. The first kappa shape index (κ1) is 9.09. The van der Waals surface area contributed by atoms with E-state index in [9.17, 15) is 4.79 Å². The van der Waals surface area contributed by atoms with Gasteiger partial charge in [0, 0.05) is 11.8 Å². The maximum Gasteiger partial charge on any atom is 0.215 e. The number of nitrogens with zero attached hydrogens (tertiary/aromatic N) is 1. The van der Waals surface area contributed by atoms with Gasteiger partial charge >= 0.3 is 0 Å². The third kappa shape index (κ3) is 1.29. The topological polar surface area (TPSA) is 39.2 Å². The van der Waals surface area contributed by atoms with Gasteiger partial charge in [-0.05, 0) is 18.2 Å². The quantitative estimate of drug-likeness (QED) is 0.670. The molecule has 0 saturated carbocycles. The Balaban J connectivity index is 2.22. The minimum absolute atomic E-state index is 0.0660. The second-order valence-electron chi connectivity index (χ2n) is 3.63. The summed E-state index contributed by atoms with van der Waals surface area (Å²) in [7, 11) is 0. The number of pyridine rings is 1. The largest absolute Gasteiger partial charge is 0.488 e. The number of hydrogen-bond acceptors (Lipinski definition) is 3. The number of para-hydroxylation sites is 1. The number of ketones is 1. The molecule has 1 aliphatic heterocycles. The normalized spacial score (nSPS) is 13.4. The molecule has 78 valence electrons. The van der Waals surface area contributed by atoms with Crippen LogP contribution in [-0.2, 0) is 6.61 Å². The first-order valence-corrected chi connectivity index (χ1v) is 5.06. The Morgan fingerprint density at radius 1 is 1.12 bits per heavy atom. The molecule has 0 fully saturated rings. The molecule has 1 aliphatic rings. The number of rotatable bonds is 0. The van der Waals surface area contributed by atoms with E-state index >= 15 is 0 Å². The van der Waals surface area contributed by atoms with Crippen molar-refractivity contribution >= 4 is 5.78 Å². The molecule has 2 heterocycles. The van der Waals surface area contributed by atoms with Gasteiger partial charge in [0.15, 0.2) is 0 Å². The zero-order valence-electron chi connectivity index (χ0n) is 8.51. The fourth-order valence-electron chi connectivity index (χ4n) is 1.82. The van der Waals surface area contributed by atoms with Crippen LogP contribution in [0.15, 0.2) is 42.6 Å². The Bertz CT molecular complexity index is 514. The number of hydrogen-bond donors (Lipinski definition) is 0. The maximum absolute atomic E-state index is 12.2. The van der Waals surface area contributed by atoms with Gasteiger partial charge in [-0.1, -0.05) is 18.2 Å². The molecular weight excluding hydrogens is 202 g/mol. The number of fused-ring (bicyclic) bond motifs is 2. The van der Waals surface area contributed by atoms with E-state index in [2.05, 4.69) is 4.98 Å². The van der Waals surface area contributed by atoms with Crippen molar-refractivity contribution in [1.82, 2.24) is 4.98 Å². The lowest BCUT2D eigenvalue weighted by atomic mass is 10.0. The molecule has 0 bridgehead atoms. The highest BCUT2D eigenvalue weighted by molar-refractivity contribution is 6.10. The summed E-state index contributed by atoms with van der Waals surface area (Å²) < 4.78 is 5.58. The lowest BCUT2D eigenvalue weighted by Crippen LogP contribution is -2.05. The molecule has 0 spiro atoms. The minimum atomic E-state index is -0.0660. The van der Waals surface area contributed by atoms with Crippen LogP contribution in [0.5, 0.6) is 5.75 Å². The molecule has 0 amide bonds. The predicted molar refractivity (Wildman–Crippen MR) is 58.4 cm³/mol. The van der Waals surface area contributed by atoms with Gasteiger partial charge in [-0.2, -0.15) is 0 Å². The van der Waals surface area contributed by atoms with Gasteiger partial charge < -0.3 is 4.74 Å². The summed E-state index contributed by atoms with van der Waals surface area (Å²) >= 11 is 0. The summed E-state index contributed by atoms with van der Waals surface area (Å²) in [5, 5.41) is 0. The SMILES string of the molecule is O=C1c2ccccc2OCc2cccnc21. The van der Waals surface area contributed by atoms with Crippen molar-refractivity contribution in [3.63, 3.8) is 0 Å². The number of carbonyl (C=O) groups is 1. The molecule has 0 saturated heterocycles. The molecule has 3 nitrogen and oxygen atoms in total. The Hall–Kier alpha value is -2.16. The lowest BCUT2D eigenvalue weighted by Gasteiger charge is -2.04. The van der Waals surface area contributed by atoms with E-state index in [-0.39, 0.29) is 5.78 Å². The third-order valence-corrected chi connectivity index (χ3v) is 2.62. The second kappa shape index (κ2) is 3.45. The van der Waals surface area contributed by atoms with Crippen LogP contribution < -0.4 is 4.74 Å². The highest BCUT2D eigenvalue weighted by Gasteiger charge is 2.22. The summed E-state index contributed by atoms with van der Waals surface area (Å²) in [6, 6.07) is 10.9. The zero-order valence-corrected chi connectivity index (χ0v) is 8.51. The fraction of sp³-hybridized carbons (Fsp3) is 0.0769. The highest BCUT2D eigenvalue weighted by atomic mass is 16.5. The van der Waals surface area contributed by atoms with Crippen LogP contribution in [0.3, 0.4) is 0 Å². The summed E-state index contributed by atoms with van der Waals surface area (Å²) in [4.78, 5) is 16.3. The predicted octanol–water partition coefficient (Wildman–Crippen LogP) is 2.21. The fourth-order valence-corrected chi connectivity index (χ4v) is 1.82. The van der Waals surface area contributed by atoms with E-state index in [1.165, 1.54) is 0 Å². The summed E-state index contributed by atoms with van der Waals surface area (Å²) in [5.74, 6) is 0.564. The van der Waals surface area contributed by atoms with Gasteiger partial charge in [-0.3, -0.25) is 9.78 Å². The molecule has 0 N–H and O–H groups in total. The van der Waals surface area contributed by atoms with Crippen LogP contribution in [0, 0.1) is 0 Å². The van der Waals surface area contributed by atoms with Crippen molar-refractivity contribution in [3.05, 3.63) is 59.4 Å². The minimum Gasteiger partial charge on any atom is -0.488 e. The molecule has 0 radical (unpaired) electrons. The Morgan fingerprint density at radius 3 is 2.94 bits per heavy atom. The van der Waals surface area contributed by atoms with Crippen LogP contribution in [0.2, 0.25) is 0 Å². The van der Waals surface area contributed by atoms with E-state index in [0.717, 1.165) is 5.56 Å². The number of ether oxygens (including phenoxy) is 1. The van der Waals surface area contributed by atoms with Crippen LogP contribution >= 0.6 is 0 Å². The molecule has 1 aromatic heterocycles. The van der Waals surface area contributed by atoms with Crippen LogP contribution in [0.1, 0.15) is 21.6 Å². The molecule has 3 rings (SSSR count). The zero-order chi connectivity index (χ0) is 11.0. The molecular formula is C13H9NO2. The molecule has 16 heavy (non-hydrogen) atoms. The maximum atomic E-state index is 12.2. The average molecular weight is 211 g/mol. The Kier molecular flexibility index (Phi) is 1.96. The Labute approximate surface area is 92.7 Å². The number of aromatic nitrogens is 1. The first-order chi connectivity index (χ1) is 7.86. The van der Waals surface area contributed by atoms with Gasteiger partial charge in [-0.15, -0.1) is 0 Å². The van der Waals surface area contributed by atoms with Crippen molar-refractivity contribution in [1.29, 1.82) is 0 Å². The summed E-state index contributed by atoms with van der Waals surface area (Å²) in [6.07, 6.45) is 1.63. The molecule has 0 unspecified atom stereocenters. The molecule has 1 aromatic carbocycles. The van der Waals surface area contributed by atoms with E-state index in [4.69, 9.17) is 4.74 Å². The molecule has 2 aromatic rings. The average Bonchev–Trinajstić information content (AvgIpc) is 2.49. The van der Waals surface area contributed by atoms with Crippen molar-refractivity contribution in [3.8, 4) is 5.75 Å². The van der Waals surface area contributed by atoms with E-state index in [1.54, 1.807) is 18.3 Å². The van der Waals surface area contributed by atoms with Crippen molar-refractivity contribution in [2.24, 2.45) is 0 Å². The molecule has 3 heteroatoms. The smallest absolute Gasteiger partial charge is 0.215 e. The van der Waals surface area contributed by atoms with Crippen LogP contribution in [0.25, 0.3) is 0 Å². The van der Waals surface area contributed by atoms with Gasteiger partial charge in [0.2, 0.25) is 5.78 Å². The highest BCUT2D eigenvalue weighted by Crippen LogP contribution is 2.26. The van der Waals surface area contributed by atoms with Gasteiger partial charge in [0.05, 0.1) is 5.56 Å². The van der Waals surface area contributed by atoms with Crippen LogP contribution in [-0.4, -0.2) is 10.8 Å². The number of carbonyl (C=O) groups excluding carboxylic acids is 1.